The first-order valence-electron chi connectivity index (χ1n) is 13.5. The van der Waals surface area contributed by atoms with Crippen molar-refractivity contribution >= 4 is 0 Å². The molecule has 32 heavy (non-hydrogen) atoms. The van der Waals surface area contributed by atoms with Crippen LogP contribution < -0.4 is 0 Å². The molecule has 0 aliphatic heterocycles. The minimum absolute atomic E-state index is 0.869. The molecule has 0 saturated carbocycles. The summed E-state index contributed by atoms with van der Waals surface area (Å²) < 4.78 is 0. The van der Waals surface area contributed by atoms with Crippen LogP contribution in [0.1, 0.15) is 122 Å². The summed E-state index contributed by atoms with van der Waals surface area (Å²) in [4.78, 5) is 8.67. The van der Waals surface area contributed by atoms with Crippen molar-refractivity contribution in [1.82, 2.24) is 9.97 Å². The molecule has 0 aromatic carbocycles. The van der Waals surface area contributed by atoms with Gasteiger partial charge in [0.1, 0.15) is 0 Å². The zero-order valence-electron chi connectivity index (χ0n) is 21.4. The molecule has 2 aromatic heterocycles. The average Bonchev–Trinajstić information content (AvgIpc) is 2.82. The molecular weight excluding hydrogens is 388 g/mol. The highest BCUT2D eigenvalue weighted by atomic mass is 14.7. The fourth-order valence-electron chi connectivity index (χ4n) is 3.92. The normalized spacial score (nSPS) is 10.8. The van der Waals surface area contributed by atoms with Crippen LogP contribution >= 0.6 is 0 Å². The molecule has 0 radical (unpaired) electrons. The summed E-state index contributed by atoms with van der Waals surface area (Å²) in [5.41, 5.74) is 2.48. The first-order chi connectivity index (χ1) is 15.7. The number of hydrogen-bond acceptors (Lipinski definition) is 2. The molecule has 0 bridgehead atoms. The van der Waals surface area contributed by atoms with E-state index in [4.69, 9.17) is 0 Å². The van der Waals surface area contributed by atoms with Gasteiger partial charge in [-0.05, 0) is 55.9 Å². The van der Waals surface area contributed by atoms with Crippen molar-refractivity contribution in [2.45, 2.75) is 124 Å². The van der Waals surface area contributed by atoms with Gasteiger partial charge < -0.3 is 0 Å². The zero-order chi connectivity index (χ0) is 23.1. The zero-order valence-corrected chi connectivity index (χ0v) is 21.4. The number of pyridine rings is 2. The summed E-state index contributed by atoms with van der Waals surface area (Å²) in [7, 11) is 0. The van der Waals surface area contributed by atoms with E-state index in [0.29, 0.717) is 0 Å². The lowest BCUT2D eigenvalue weighted by molar-refractivity contribution is 0.514. The maximum Gasteiger partial charge on any atom is 0.0403 e. The summed E-state index contributed by atoms with van der Waals surface area (Å²) in [5, 5.41) is 0. The van der Waals surface area contributed by atoms with E-state index in [1.807, 2.05) is 24.5 Å². The molecule has 0 saturated heterocycles. The van der Waals surface area contributed by atoms with Crippen molar-refractivity contribution in [3.05, 3.63) is 60.2 Å². The van der Waals surface area contributed by atoms with E-state index < -0.39 is 0 Å². The molecule has 0 fully saturated rings. The molecule has 2 heterocycles. The SMILES string of the molecule is CC(C)CCCCCCCc1ccccn1.CCCCCCCCCCc1ccccn1. The maximum absolute atomic E-state index is 4.34. The van der Waals surface area contributed by atoms with Gasteiger partial charge in [-0.15, -0.1) is 0 Å². The lowest BCUT2D eigenvalue weighted by atomic mass is 10.0. The van der Waals surface area contributed by atoms with Crippen molar-refractivity contribution in [3.8, 4) is 0 Å². The first kappa shape index (κ1) is 28.3. The third-order valence-electron chi connectivity index (χ3n) is 5.95. The van der Waals surface area contributed by atoms with Crippen LogP contribution in [0.5, 0.6) is 0 Å². The van der Waals surface area contributed by atoms with Gasteiger partial charge in [-0.25, -0.2) is 0 Å². The third-order valence-corrected chi connectivity index (χ3v) is 5.95. The number of aryl methyl sites for hydroxylation is 2. The Balaban J connectivity index is 0.000000320. The summed E-state index contributed by atoms with van der Waals surface area (Å²) in [6, 6.07) is 12.4. The topological polar surface area (TPSA) is 25.8 Å². The second kappa shape index (κ2) is 21.2. The van der Waals surface area contributed by atoms with E-state index in [0.717, 1.165) is 18.8 Å². The molecule has 0 atom stereocenters. The Morgan fingerprint density at radius 3 is 1.41 bits per heavy atom. The van der Waals surface area contributed by atoms with Crippen LogP contribution in [0.3, 0.4) is 0 Å². The number of hydrogen-bond donors (Lipinski definition) is 0. The van der Waals surface area contributed by atoms with Gasteiger partial charge >= 0.3 is 0 Å². The van der Waals surface area contributed by atoms with Crippen LogP contribution in [-0.2, 0) is 12.8 Å². The Morgan fingerprint density at radius 1 is 0.562 bits per heavy atom. The van der Waals surface area contributed by atoms with Crippen LogP contribution in [0.4, 0.5) is 0 Å². The van der Waals surface area contributed by atoms with Crippen molar-refractivity contribution < 1.29 is 0 Å². The van der Waals surface area contributed by atoms with Crippen LogP contribution in [0.25, 0.3) is 0 Å². The van der Waals surface area contributed by atoms with Gasteiger partial charge in [0, 0.05) is 23.8 Å². The second-order valence-corrected chi connectivity index (χ2v) is 9.57. The summed E-state index contributed by atoms with van der Waals surface area (Å²) in [6.45, 7) is 6.88. The van der Waals surface area contributed by atoms with Gasteiger partial charge in [0.2, 0.25) is 0 Å². The van der Waals surface area contributed by atoms with Crippen LogP contribution in [-0.4, -0.2) is 9.97 Å². The van der Waals surface area contributed by atoms with Gasteiger partial charge in [0.05, 0.1) is 0 Å². The van der Waals surface area contributed by atoms with Crippen molar-refractivity contribution in [2.24, 2.45) is 5.92 Å². The van der Waals surface area contributed by atoms with Crippen LogP contribution in [0.2, 0.25) is 0 Å². The molecule has 0 spiro atoms. The predicted molar refractivity (Wildman–Crippen MR) is 141 cm³/mol. The molecule has 2 nitrogen and oxygen atoms in total. The number of rotatable bonds is 17. The summed E-state index contributed by atoms with van der Waals surface area (Å²) >= 11 is 0. The molecule has 180 valence electrons. The molecule has 2 aromatic rings. The predicted octanol–water partition coefficient (Wildman–Crippen LogP) is 9.39. The molecule has 0 aliphatic carbocycles. The fraction of sp³-hybridized carbons (Fsp3) is 0.667. The molecule has 0 N–H and O–H groups in total. The molecule has 0 amide bonds. The molecule has 2 rings (SSSR count). The van der Waals surface area contributed by atoms with Crippen molar-refractivity contribution in [2.75, 3.05) is 0 Å². The highest BCUT2D eigenvalue weighted by Crippen LogP contribution is 2.12. The van der Waals surface area contributed by atoms with E-state index in [1.165, 1.54) is 101 Å². The third kappa shape index (κ3) is 17.9. The van der Waals surface area contributed by atoms with Gasteiger partial charge in [-0.2, -0.15) is 0 Å². The number of unbranched alkanes of at least 4 members (excludes halogenated alkanes) is 11. The molecule has 0 aliphatic rings. The van der Waals surface area contributed by atoms with Crippen LogP contribution in [0, 0.1) is 5.92 Å². The van der Waals surface area contributed by atoms with E-state index >= 15 is 0 Å². The number of nitrogens with zero attached hydrogens (tertiary/aromatic N) is 2. The standard InChI is InChI=1S/2C15H25N/c1-14(2)10-6-4-3-5-7-11-15-12-8-9-13-16-15;1-2-3-4-5-6-7-8-9-12-15-13-10-11-14-16-15/h8-9,12-14H,3-7,10-11H2,1-2H3;10-11,13-14H,2-9,12H2,1H3. The summed E-state index contributed by atoms with van der Waals surface area (Å²) in [6.07, 6.45) is 25.4. The first-order valence-corrected chi connectivity index (χ1v) is 13.5. The van der Waals surface area contributed by atoms with E-state index in [2.05, 4.69) is 55.0 Å². The average molecular weight is 439 g/mol. The van der Waals surface area contributed by atoms with Crippen molar-refractivity contribution in [1.29, 1.82) is 0 Å². The van der Waals surface area contributed by atoms with E-state index in [-0.39, 0.29) is 0 Å². The summed E-state index contributed by atoms with van der Waals surface area (Å²) in [5.74, 6) is 0.869. The van der Waals surface area contributed by atoms with E-state index in [1.54, 1.807) is 0 Å². The number of aromatic nitrogens is 2. The Morgan fingerprint density at radius 2 is 1.00 bits per heavy atom. The Bertz CT molecular complexity index is 609. The minimum atomic E-state index is 0.869. The van der Waals surface area contributed by atoms with Gasteiger partial charge in [0.15, 0.2) is 0 Å². The highest BCUT2D eigenvalue weighted by molar-refractivity contribution is 5.03. The maximum atomic E-state index is 4.34. The lowest BCUT2D eigenvalue weighted by Crippen LogP contribution is -1.90. The van der Waals surface area contributed by atoms with E-state index in [9.17, 15) is 0 Å². The quantitative estimate of drug-likeness (QED) is 0.230. The monoisotopic (exact) mass is 438 g/mol. The van der Waals surface area contributed by atoms with Crippen molar-refractivity contribution in [3.63, 3.8) is 0 Å². The Kier molecular flexibility index (Phi) is 18.7. The van der Waals surface area contributed by atoms with Crippen LogP contribution in [0.15, 0.2) is 48.8 Å². The van der Waals surface area contributed by atoms with Gasteiger partial charge in [-0.1, -0.05) is 110 Å². The highest BCUT2D eigenvalue weighted by Gasteiger charge is 1.96. The van der Waals surface area contributed by atoms with Gasteiger partial charge in [0.25, 0.3) is 0 Å². The molecule has 0 unspecified atom stereocenters. The molecular formula is C30H50N2. The molecule has 2 heteroatoms. The Hall–Kier alpha value is -1.70. The minimum Gasteiger partial charge on any atom is -0.261 e. The lowest BCUT2D eigenvalue weighted by Gasteiger charge is -2.04. The van der Waals surface area contributed by atoms with Gasteiger partial charge in [-0.3, -0.25) is 9.97 Å². The fourth-order valence-corrected chi connectivity index (χ4v) is 3.92. The Labute approximate surface area is 199 Å². The largest absolute Gasteiger partial charge is 0.261 e. The second-order valence-electron chi connectivity index (χ2n) is 9.57. The smallest absolute Gasteiger partial charge is 0.0403 e.